The van der Waals surface area contributed by atoms with Gasteiger partial charge in [0.1, 0.15) is 5.82 Å². The summed E-state index contributed by atoms with van der Waals surface area (Å²) in [4.78, 5) is 14.2. The summed E-state index contributed by atoms with van der Waals surface area (Å²) in [5.74, 6) is -0.673. The Balaban J connectivity index is 2.39. The molecule has 0 spiro atoms. The molecule has 0 fully saturated rings. The number of halogens is 1. The van der Waals surface area contributed by atoms with E-state index in [2.05, 4.69) is 0 Å². The van der Waals surface area contributed by atoms with Gasteiger partial charge in [0, 0.05) is 17.9 Å². The number of aryl methyl sites for hydroxylation is 1. The first kappa shape index (κ1) is 14.1. The van der Waals surface area contributed by atoms with Gasteiger partial charge in [0.2, 0.25) is 0 Å². The molecule has 0 unspecified atom stereocenters. The molecule has 0 aliphatic heterocycles. The van der Waals surface area contributed by atoms with Gasteiger partial charge in [-0.1, -0.05) is 12.1 Å². The van der Waals surface area contributed by atoms with E-state index in [1.54, 1.807) is 4.90 Å². The number of benzene rings is 2. The number of carbonyl (C=O) groups excluding carboxylic acids is 1. The van der Waals surface area contributed by atoms with Crippen LogP contribution in [0.2, 0.25) is 0 Å². The molecule has 2 aromatic carbocycles. The van der Waals surface area contributed by atoms with E-state index in [1.807, 2.05) is 38.1 Å². The molecule has 0 aromatic heterocycles. The number of rotatable bonds is 3. The molecule has 20 heavy (non-hydrogen) atoms. The maximum absolute atomic E-state index is 13.1. The second kappa shape index (κ2) is 5.74. The standard InChI is InChI=1S/C16H17FN2O/c1-3-19(13-6-4-5-11(2)9-13)16(20)14-8-7-12(17)10-15(14)18/h4-10H,3,18H2,1-2H3. The highest BCUT2D eigenvalue weighted by atomic mass is 19.1. The lowest BCUT2D eigenvalue weighted by Crippen LogP contribution is -2.31. The highest BCUT2D eigenvalue weighted by Crippen LogP contribution is 2.21. The van der Waals surface area contributed by atoms with Crippen LogP contribution in [0.5, 0.6) is 0 Å². The van der Waals surface area contributed by atoms with Crippen molar-refractivity contribution in [1.82, 2.24) is 0 Å². The zero-order valence-corrected chi connectivity index (χ0v) is 11.6. The predicted molar refractivity (Wildman–Crippen MR) is 79.3 cm³/mol. The van der Waals surface area contributed by atoms with Crippen molar-refractivity contribution < 1.29 is 9.18 Å². The third kappa shape index (κ3) is 2.79. The molecule has 0 heterocycles. The molecule has 0 aliphatic carbocycles. The lowest BCUT2D eigenvalue weighted by Gasteiger charge is -2.22. The predicted octanol–water partition coefficient (Wildman–Crippen LogP) is 3.38. The number of anilines is 2. The zero-order valence-electron chi connectivity index (χ0n) is 11.6. The van der Waals surface area contributed by atoms with Gasteiger partial charge in [-0.15, -0.1) is 0 Å². The Bertz CT molecular complexity index is 640. The molecule has 2 N–H and O–H groups in total. The van der Waals surface area contributed by atoms with Gasteiger partial charge < -0.3 is 10.6 Å². The maximum Gasteiger partial charge on any atom is 0.260 e. The van der Waals surface area contributed by atoms with Crippen LogP contribution in [-0.2, 0) is 0 Å². The normalized spacial score (nSPS) is 10.3. The second-order valence-electron chi connectivity index (χ2n) is 4.62. The van der Waals surface area contributed by atoms with Gasteiger partial charge in [-0.25, -0.2) is 4.39 Å². The molecule has 2 aromatic rings. The Morgan fingerprint density at radius 1 is 1.25 bits per heavy atom. The molecule has 0 atom stereocenters. The number of hydrogen-bond acceptors (Lipinski definition) is 2. The van der Waals surface area contributed by atoms with Crippen LogP contribution in [0.15, 0.2) is 42.5 Å². The quantitative estimate of drug-likeness (QED) is 0.871. The summed E-state index contributed by atoms with van der Waals surface area (Å²) in [6.07, 6.45) is 0. The monoisotopic (exact) mass is 272 g/mol. The van der Waals surface area contributed by atoms with Crippen molar-refractivity contribution in [3.63, 3.8) is 0 Å². The lowest BCUT2D eigenvalue weighted by atomic mass is 10.1. The third-order valence-electron chi connectivity index (χ3n) is 3.12. The van der Waals surface area contributed by atoms with E-state index in [0.717, 1.165) is 17.3 Å². The number of nitrogen functional groups attached to an aromatic ring is 1. The van der Waals surface area contributed by atoms with Gasteiger partial charge >= 0.3 is 0 Å². The number of hydrogen-bond donors (Lipinski definition) is 1. The van der Waals surface area contributed by atoms with Gasteiger partial charge in [-0.2, -0.15) is 0 Å². The molecule has 0 radical (unpaired) electrons. The van der Waals surface area contributed by atoms with Gasteiger partial charge in [-0.3, -0.25) is 4.79 Å². The minimum absolute atomic E-state index is 0.154. The van der Waals surface area contributed by atoms with Crippen molar-refractivity contribution in [3.05, 3.63) is 59.4 Å². The van der Waals surface area contributed by atoms with Gasteiger partial charge in [-0.05, 0) is 49.7 Å². The number of nitrogens with zero attached hydrogens (tertiary/aromatic N) is 1. The molecule has 0 saturated carbocycles. The first-order valence-electron chi connectivity index (χ1n) is 6.46. The van der Waals surface area contributed by atoms with Crippen molar-refractivity contribution in [2.75, 3.05) is 17.2 Å². The SMILES string of the molecule is CCN(C(=O)c1ccc(F)cc1N)c1cccc(C)c1. The summed E-state index contributed by atoms with van der Waals surface area (Å²) in [5, 5.41) is 0. The van der Waals surface area contributed by atoms with Crippen LogP contribution >= 0.6 is 0 Å². The van der Waals surface area contributed by atoms with E-state index in [4.69, 9.17) is 5.73 Å². The number of nitrogens with two attached hydrogens (primary N) is 1. The molecular formula is C16H17FN2O. The first-order valence-corrected chi connectivity index (χ1v) is 6.46. The first-order chi connectivity index (χ1) is 9.52. The fourth-order valence-electron chi connectivity index (χ4n) is 2.11. The van der Waals surface area contributed by atoms with Crippen LogP contribution in [0.3, 0.4) is 0 Å². The highest BCUT2D eigenvalue weighted by molar-refractivity contribution is 6.09. The van der Waals surface area contributed by atoms with Crippen molar-refractivity contribution >= 4 is 17.3 Å². The van der Waals surface area contributed by atoms with Crippen LogP contribution < -0.4 is 10.6 Å². The fourth-order valence-corrected chi connectivity index (χ4v) is 2.11. The average molecular weight is 272 g/mol. The van der Waals surface area contributed by atoms with Crippen LogP contribution in [0.4, 0.5) is 15.8 Å². The smallest absolute Gasteiger partial charge is 0.260 e. The second-order valence-corrected chi connectivity index (χ2v) is 4.62. The largest absolute Gasteiger partial charge is 0.398 e. The summed E-state index contributed by atoms with van der Waals surface area (Å²) < 4.78 is 13.1. The molecule has 0 saturated heterocycles. The Hall–Kier alpha value is -2.36. The van der Waals surface area contributed by atoms with E-state index in [9.17, 15) is 9.18 Å². The van der Waals surface area contributed by atoms with E-state index in [1.165, 1.54) is 12.1 Å². The Kier molecular flexibility index (Phi) is 4.03. The lowest BCUT2D eigenvalue weighted by molar-refractivity contribution is 0.0989. The topological polar surface area (TPSA) is 46.3 Å². The highest BCUT2D eigenvalue weighted by Gasteiger charge is 2.18. The Morgan fingerprint density at radius 3 is 2.60 bits per heavy atom. The minimum atomic E-state index is -0.447. The Labute approximate surface area is 117 Å². The summed E-state index contributed by atoms with van der Waals surface area (Å²) in [5.41, 5.74) is 8.08. The van der Waals surface area contributed by atoms with E-state index >= 15 is 0 Å². The molecule has 0 aliphatic rings. The minimum Gasteiger partial charge on any atom is -0.398 e. The van der Waals surface area contributed by atoms with Gasteiger partial charge in [0.25, 0.3) is 5.91 Å². The van der Waals surface area contributed by atoms with E-state index < -0.39 is 5.82 Å². The van der Waals surface area contributed by atoms with E-state index in [-0.39, 0.29) is 11.6 Å². The molecule has 1 amide bonds. The summed E-state index contributed by atoms with van der Waals surface area (Å²) >= 11 is 0. The molecule has 4 heteroatoms. The van der Waals surface area contributed by atoms with E-state index in [0.29, 0.717) is 12.1 Å². The summed E-state index contributed by atoms with van der Waals surface area (Å²) in [6.45, 7) is 4.37. The van der Waals surface area contributed by atoms with Gasteiger partial charge in [0.15, 0.2) is 0 Å². The molecule has 0 bridgehead atoms. The van der Waals surface area contributed by atoms with Gasteiger partial charge in [0.05, 0.1) is 5.56 Å². The van der Waals surface area contributed by atoms with Crippen LogP contribution in [0.25, 0.3) is 0 Å². The number of carbonyl (C=O) groups is 1. The fraction of sp³-hybridized carbons (Fsp3) is 0.188. The molecule has 3 nitrogen and oxygen atoms in total. The molecule has 2 rings (SSSR count). The number of amides is 1. The Morgan fingerprint density at radius 2 is 2.00 bits per heavy atom. The van der Waals surface area contributed by atoms with Crippen molar-refractivity contribution in [2.45, 2.75) is 13.8 Å². The van der Waals surface area contributed by atoms with Crippen molar-refractivity contribution in [2.24, 2.45) is 0 Å². The summed E-state index contributed by atoms with van der Waals surface area (Å²) in [7, 11) is 0. The van der Waals surface area contributed by atoms with Crippen LogP contribution in [0, 0.1) is 12.7 Å². The van der Waals surface area contributed by atoms with Crippen molar-refractivity contribution in [1.29, 1.82) is 0 Å². The van der Waals surface area contributed by atoms with Crippen molar-refractivity contribution in [3.8, 4) is 0 Å². The average Bonchev–Trinajstić information content (AvgIpc) is 2.39. The summed E-state index contributed by atoms with van der Waals surface area (Å²) in [6, 6.07) is 11.5. The maximum atomic E-state index is 13.1. The van der Waals surface area contributed by atoms with Crippen LogP contribution in [0.1, 0.15) is 22.8 Å². The third-order valence-corrected chi connectivity index (χ3v) is 3.12. The molecular weight excluding hydrogens is 255 g/mol. The molecule has 104 valence electrons. The van der Waals surface area contributed by atoms with Crippen LogP contribution in [-0.4, -0.2) is 12.5 Å². The zero-order chi connectivity index (χ0) is 14.7.